The number of benzene rings is 1. The van der Waals surface area contributed by atoms with Gasteiger partial charge in [-0.05, 0) is 31.0 Å². The molecule has 20 heavy (non-hydrogen) atoms. The number of ether oxygens (including phenoxy) is 1. The van der Waals surface area contributed by atoms with Crippen molar-refractivity contribution in [2.75, 3.05) is 0 Å². The van der Waals surface area contributed by atoms with Crippen LogP contribution in [-0.4, -0.2) is 15.9 Å². The Labute approximate surface area is 115 Å². The van der Waals surface area contributed by atoms with E-state index >= 15 is 0 Å². The van der Waals surface area contributed by atoms with Crippen molar-refractivity contribution in [2.45, 2.75) is 33.1 Å². The molecule has 2 rings (SSSR count). The molecule has 0 unspecified atom stereocenters. The SMILES string of the molecule is CCCc1ccc(-n2cnc(C)c2)c(OC(F)(F)F)c1. The zero-order chi connectivity index (χ0) is 14.8. The maximum absolute atomic E-state index is 12.5. The van der Waals surface area contributed by atoms with Gasteiger partial charge in [0.1, 0.15) is 0 Å². The summed E-state index contributed by atoms with van der Waals surface area (Å²) in [7, 11) is 0. The lowest BCUT2D eigenvalue weighted by atomic mass is 10.1. The van der Waals surface area contributed by atoms with Crippen molar-refractivity contribution in [3.05, 3.63) is 42.0 Å². The minimum absolute atomic E-state index is 0.208. The fourth-order valence-corrected chi connectivity index (χ4v) is 1.98. The van der Waals surface area contributed by atoms with Crippen molar-refractivity contribution in [1.29, 1.82) is 0 Å². The van der Waals surface area contributed by atoms with Crippen LogP contribution in [0.5, 0.6) is 5.75 Å². The van der Waals surface area contributed by atoms with E-state index in [0.717, 1.165) is 17.7 Å². The minimum atomic E-state index is -4.71. The van der Waals surface area contributed by atoms with Crippen LogP contribution in [0.2, 0.25) is 0 Å². The van der Waals surface area contributed by atoms with Crippen LogP contribution < -0.4 is 4.74 Å². The highest BCUT2D eigenvalue weighted by Crippen LogP contribution is 2.30. The zero-order valence-corrected chi connectivity index (χ0v) is 11.2. The van der Waals surface area contributed by atoms with Crippen LogP contribution in [0, 0.1) is 6.92 Å². The van der Waals surface area contributed by atoms with Gasteiger partial charge >= 0.3 is 6.36 Å². The van der Waals surface area contributed by atoms with E-state index in [1.807, 2.05) is 6.92 Å². The Bertz CT molecular complexity index is 590. The lowest BCUT2D eigenvalue weighted by molar-refractivity contribution is -0.274. The fourth-order valence-electron chi connectivity index (χ4n) is 1.98. The molecule has 0 saturated carbocycles. The number of halogens is 3. The lowest BCUT2D eigenvalue weighted by Gasteiger charge is -2.15. The first-order chi connectivity index (χ1) is 9.39. The van der Waals surface area contributed by atoms with Crippen molar-refractivity contribution in [3.8, 4) is 11.4 Å². The van der Waals surface area contributed by atoms with Gasteiger partial charge in [-0.25, -0.2) is 4.98 Å². The largest absolute Gasteiger partial charge is 0.573 e. The molecule has 1 aromatic heterocycles. The normalized spacial score (nSPS) is 11.7. The second-order valence-corrected chi connectivity index (χ2v) is 4.52. The molecule has 3 nitrogen and oxygen atoms in total. The van der Waals surface area contributed by atoms with Crippen molar-refractivity contribution < 1.29 is 17.9 Å². The van der Waals surface area contributed by atoms with Crippen LogP contribution in [0.15, 0.2) is 30.7 Å². The third kappa shape index (κ3) is 3.53. The third-order valence-corrected chi connectivity index (χ3v) is 2.78. The Morgan fingerprint density at radius 3 is 2.60 bits per heavy atom. The molecule has 0 spiro atoms. The molecule has 0 bridgehead atoms. The number of aromatic nitrogens is 2. The molecule has 2 aromatic rings. The molecule has 0 aliphatic heterocycles. The first-order valence-electron chi connectivity index (χ1n) is 6.28. The van der Waals surface area contributed by atoms with E-state index in [9.17, 15) is 13.2 Å². The van der Waals surface area contributed by atoms with Crippen molar-refractivity contribution >= 4 is 0 Å². The number of hydrogen-bond donors (Lipinski definition) is 0. The van der Waals surface area contributed by atoms with Crippen molar-refractivity contribution in [3.63, 3.8) is 0 Å². The van der Waals surface area contributed by atoms with E-state index in [1.54, 1.807) is 25.3 Å². The first kappa shape index (κ1) is 14.4. The lowest BCUT2D eigenvalue weighted by Crippen LogP contribution is -2.18. The minimum Gasteiger partial charge on any atom is -0.404 e. The van der Waals surface area contributed by atoms with Crippen LogP contribution >= 0.6 is 0 Å². The second kappa shape index (κ2) is 5.56. The summed E-state index contributed by atoms with van der Waals surface area (Å²) in [5.74, 6) is -0.208. The van der Waals surface area contributed by atoms with E-state index in [2.05, 4.69) is 9.72 Å². The van der Waals surface area contributed by atoms with Gasteiger partial charge in [-0.15, -0.1) is 13.2 Å². The van der Waals surface area contributed by atoms with Gasteiger partial charge in [0, 0.05) is 6.20 Å². The van der Waals surface area contributed by atoms with E-state index in [1.165, 1.54) is 17.0 Å². The average molecular weight is 284 g/mol. The Morgan fingerprint density at radius 2 is 2.05 bits per heavy atom. The van der Waals surface area contributed by atoms with Gasteiger partial charge in [-0.3, -0.25) is 0 Å². The van der Waals surface area contributed by atoms with Crippen molar-refractivity contribution in [1.82, 2.24) is 9.55 Å². The smallest absolute Gasteiger partial charge is 0.404 e. The summed E-state index contributed by atoms with van der Waals surface area (Å²) >= 11 is 0. The van der Waals surface area contributed by atoms with E-state index in [4.69, 9.17) is 0 Å². The van der Waals surface area contributed by atoms with Gasteiger partial charge in [-0.2, -0.15) is 0 Å². The Kier molecular flexibility index (Phi) is 4.01. The summed E-state index contributed by atoms with van der Waals surface area (Å²) < 4.78 is 43.2. The van der Waals surface area contributed by atoms with E-state index in [0.29, 0.717) is 12.1 Å². The summed E-state index contributed by atoms with van der Waals surface area (Å²) in [4.78, 5) is 4.02. The molecule has 0 amide bonds. The van der Waals surface area contributed by atoms with Crippen LogP contribution in [-0.2, 0) is 6.42 Å². The van der Waals surface area contributed by atoms with Gasteiger partial charge in [0.15, 0.2) is 5.75 Å². The molecule has 0 radical (unpaired) electrons. The van der Waals surface area contributed by atoms with Crippen molar-refractivity contribution in [2.24, 2.45) is 0 Å². The number of nitrogens with zero attached hydrogens (tertiary/aromatic N) is 2. The van der Waals surface area contributed by atoms with Crippen LogP contribution in [0.1, 0.15) is 24.6 Å². The topological polar surface area (TPSA) is 27.1 Å². The zero-order valence-electron chi connectivity index (χ0n) is 11.2. The molecule has 1 aromatic carbocycles. The quantitative estimate of drug-likeness (QED) is 0.847. The molecule has 0 saturated heterocycles. The molecule has 0 aliphatic rings. The number of imidazole rings is 1. The molecule has 0 atom stereocenters. The van der Waals surface area contributed by atoms with Gasteiger partial charge in [0.05, 0.1) is 17.7 Å². The Balaban J connectivity index is 2.44. The Hall–Kier alpha value is -1.98. The molecular formula is C14H15F3N2O. The van der Waals surface area contributed by atoms with Gasteiger partial charge in [-0.1, -0.05) is 19.4 Å². The predicted molar refractivity (Wildman–Crippen MR) is 69.0 cm³/mol. The molecule has 0 fully saturated rings. The molecule has 0 aliphatic carbocycles. The highest BCUT2D eigenvalue weighted by atomic mass is 19.4. The highest BCUT2D eigenvalue weighted by molar-refractivity contribution is 5.49. The average Bonchev–Trinajstić information content (AvgIpc) is 2.74. The first-order valence-corrected chi connectivity index (χ1v) is 6.28. The number of alkyl halides is 3. The maximum atomic E-state index is 12.5. The predicted octanol–water partition coefficient (Wildman–Crippen LogP) is 4.03. The fraction of sp³-hybridized carbons (Fsp3) is 0.357. The van der Waals surface area contributed by atoms with Gasteiger partial charge in [0.25, 0.3) is 0 Å². The molecule has 0 N–H and O–H groups in total. The molecule has 6 heteroatoms. The van der Waals surface area contributed by atoms with Gasteiger partial charge in [0.2, 0.25) is 0 Å². The van der Waals surface area contributed by atoms with Gasteiger partial charge < -0.3 is 9.30 Å². The monoisotopic (exact) mass is 284 g/mol. The third-order valence-electron chi connectivity index (χ3n) is 2.78. The number of rotatable bonds is 4. The van der Waals surface area contributed by atoms with Crippen LogP contribution in [0.3, 0.4) is 0 Å². The van der Waals surface area contributed by atoms with E-state index < -0.39 is 6.36 Å². The summed E-state index contributed by atoms with van der Waals surface area (Å²) in [6, 6.07) is 4.85. The molecule has 1 heterocycles. The standard InChI is InChI=1S/C14H15F3N2O/c1-3-4-11-5-6-12(19-8-10(2)18-9-19)13(7-11)20-14(15,16)17/h5-9H,3-4H2,1-2H3. The summed E-state index contributed by atoms with van der Waals surface area (Å²) in [6.07, 6.45) is -0.0346. The summed E-state index contributed by atoms with van der Waals surface area (Å²) in [5, 5.41) is 0. The summed E-state index contributed by atoms with van der Waals surface area (Å²) in [5.41, 5.74) is 1.86. The van der Waals surface area contributed by atoms with E-state index in [-0.39, 0.29) is 5.75 Å². The van der Waals surface area contributed by atoms with Crippen LogP contribution in [0.4, 0.5) is 13.2 Å². The Morgan fingerprint density at radius 1 is 1.30 bits per heavy atom. The number of aryl methyl sites for hydroxylation is 2. The number of hydrogen-bond acceptors (Lipinski definition) is 2. The highest BCUT2D eigenvalue weighted by Gasteiger charge is 2.32. The molecule has 108 valence electrons. The van der Waals surface area contributed by atoms with Crippen LogP contribution in [0.25, 0.3) is 5.69 Å². The maximum Gasteiger partial charge on any atom is 0.573 e. The second-order valence-electron chi connectivity index (χ2n) is 4.52. The summed E-state index contributed by atoms with van der Waals surface area (Å²) in [6.45, 7) is 3.74. The molecular weight excluding hydrogens is 269 g/mol.